The number of nitrogens with one attached hydrogen (secondary N) is 1. The second kappa shape index (κ2) is 6.25. The van der Waals surface area contributed by atoms with E-state index in [1.54, 1.807) is 0 Å². The zero-order chi connectivity index (χ0) is 10.6. The van der Waals surface area contributed by atoms with E-state index in [9.17, 15) is 4.79 Å². The fraction of sp³-hybridized carbons (Fsp3) is 0.900. The first kappa shape index (κ1) is 16.2. The summed E-state index contributed by atoms with van der Waals surface area (Å²) in [6, 6.07) is -0.431. The average Bonchev–Trinajstić information content (AvgIpc) is 1.81. The normalized spacial score (nSPS) is 13.6. The van der Waals surface area contributed by atoms with Crippen LogP contribution in [0.1, 0.15) is 41.0 Å². The van der Waals surface area contributed by atoms with Gasteiger partial charge in [-0.25, -0.2) is 0 Å². The van der Waals surface area contributed by atoms with E-state index < -0.39 is 12.0 Å². The quantitative estimate of drug-likeness (QED) is 0.769. The van der Waals surface area contributed by atoms with Crippen LogP contribution >= 0.6 is 12.4 Å². The van der Waals surface area contributed by atoms with Crippen LogP contribution in [0.3, 0.4) is 0 Å². The molecule has 0 heterocycles. The van der Waals surface area contributed by atoms with Crippen LogP contribution in [0, 0.1) is 5.92 Å². The number of carbonyl (C=O) groups is 1. The highest BCUT2D eigenvalue weighted by atomic mass is 35.5. The van der Waals surface area contributed by atoms with Gasteiger partial charge in [0.05, 0.1) is 0 Å². The van der Waals surface area contributed by atoms with Gasteiger partial charge in [0, 0.05) is 5.54 Å². The van der Waals surface area contributed by atoms with Crippen molar-refractivity contribution in [1.82, 2.24) is 5.32 Å². The topological polar surface area (TPSA) is 49.3 Å². The second-order valence-corrected chi connectivity index (χ2v) is 4.91. The molecule has 0 saturated heterocycles. The Bertz CT molecular complexity index is 175. The van der Waals surface area contributed by atoms with Crippen LogP contribution in [0.2, 0.25) is 0 Å². The highest BCUT2D eigenvalue weighted by Crippen LogP contribution is 2.09. The van der Waals surface area contributed by atoms with Gasteiger partial charge >= 0.3 is 5.97 Å². The number of aliphatic carboxylic acids is 1. The van der Waals surface area contributed by atoms with E-state index in [1.807, 2.05) is 34.6 Å². The summed E-state index contributed by atoms with van der Waals surface area (Å²) in [6.45, 7) is 9.98. The summed E-state index contributed by atoms with van der Waals surface area (Å²) in [5.74, 6) is -0.362. The Labute approximate surface area is 92.7 Å². The number of rotatable bonds is 4. The minimum atomic E-state index is -0.761. The van der Waals surface area contributed by atoms with Gasteiger partial charge in [-0.3, -0.25) is 10.1 Å². The SMILES string of the molecule is CC(C)C[C@H](NC(C)(C)C)C(=O)O.Cl. The monoisotopic (exact) mass is 223 g/mol. The summed E-state index contributed by atoms with van der Waals surface area (Å²) in [7, 11) is 0. The van der Waals surface area contributed by atoms with Crippen molar-refractivity contribution < 1.29 is 9.90 Å². The average molecular weight is 224 g/mol. The van der Waals surface area contributed by atoms with Crippen molar-refractivity contribution in [3.8, 4) is 0 Å². The third-order valence-corrected chi connectivity index (χ3v) is 1.61. The van der Waals surface area contributed by atoms with Crippen molar-refractivity contribution >= 4 is 18.4 Å². The Kier molecular flexibility index (Phi) is 7.21. The van der Waals surface area contributed by atoms with Crippen LogP contribution in [0.5, 0.6) is 0 Å². The number of carboxylic acids is 1. The molecule has 0 saturated carbocycles. The predicted octanol–water partition coefficient (Wildman–Crippen LogP) is 2.30. The Morgan fingerprint density at radius 1 is 1.36 bits per heavy atom. The second-order valence-electron chi connectivity index (χ2n) is 4.91. The first-order valence-corrected chi connectivity index (χ1v) is 4.73. The molecule has 14 heavy (non-hydrogen) atoms. The van der Waals surface area contributed by atoms with Crippen molar-refractivity contribution in [2.75, 3.05) is 0 Å². The van der Waals surface area contributed by atoms with Crippen molar-refractivity contribution in [2.45, 2.75) is 52.6 Å². The standard InChI is InChI=1S/C10H21NO2.ClH/c1-7(2)6-8(9(12)13)11-10(3,4)5;/h7-8,11H,6H2,1-5H3,(H,12,13);1H/t8-;/m0./s1. The lowest BCUT2D eigenvalue weighted by molar-refractivity contribution is -0.140. The van der Waals surface area contributed by atoms with Gasteiger partial charge < -0.3 is 5.11 Å². The van der Waals surface area contributed by atoms with E-state index in [0.29, 0.717) is 12.3 Å². The van der Waals surface area contributed by atoms with Gasteiger partial charge in [-0.1, -0.05) is 13.8 Å². The zero-order valence-electron chi connectivity index (χ0n) is 9.63. The van der Waals surface area contributed by atoms with E-state index >= 15 is 0 Å². The van der Waals surface area contributed by atoms with E-state index in [2.05, 4.69) is 5.32 Å². The molecule has 0 rings (SSSR count). The van der Waals surface area contributed by atoms with Crippen molar-refractivity contribution in [3.05, 3.63) is 0 Å². The molecule has 4 heteroatoms. The van der Waals surface area contributed by atoms with Gasteiger partial charge in [0.15, 0.2) is 0 Å². The van der Waals surface area contributed by atoms with E-state index in [4.69, 9.17) is 5.11 Å². The Hall–Kier alpha value is -0.280. The molecule has 86 valence electrons. The maximum atomic E-state index is 10.9. The molecule has 0 spiro atoms. The molecule has 1 atom stereocenters. The smallest absolute Gasteiger partial charge is 0.320 e. The van der Waals surface area contributed by atoms with Gasteiger partial charge in [0.1, 0.15) is 6.04 Å². The van der Waals surface area contributed by atoms with Crippen LogP contribution < -0.4 is 5.32 Å². The summed E-state index contributed by atoms with van der Waals surface area (Å²) < 4.78 is 0. The minimum absolute atomic E-state index is 0. The molecule has 0 bridgehead atoms. The molecule has 0 radical (unpaired) electrons. The molecule has 0 aliphatic carbocycles. The van der Waals surface area contributed by atoms with Crippen LogP contribution in [-0.2, 0) is 4.79 Å². The summed E-state index contributed by atoms with van der Waals surface area (Å²) in [5.41, 5.74) is -0.141. The van der Waals surface area contributed by atoms with Crippen LogP contribution in [0.4, 0.5) is 0 Å². The van der Waals surface area contributed by atoms with Crippen molar-refractivity contribution in [3.63, 3.8) is 0 Å². The predicted molar refractivity (Wildman–Crippen MR) is 61.0 cm³/mol. The molecule has 3 nitrogen and oxygen atoms in total. The summed E-state index contributed by atoms with van der Waals surface area (Å²) in [6.07, 6.45) is 0.673. The molecular formula is C10H22ClNO2. The first-order chi connectivity index (χ1) is 5.72. The summed E-state index contributed by atoms with van der Waals surface area (Å²) >= 11 is 0. The van der Waals surface area contributed by atoms with E-state index in [-0.39, 0.29) is 17.9 Å². The molecule has 0 aromatic heterocycles. The lowest BCUT2D eigenvalue weighted by atomic mass is 10.00. The molecule has 0 fully saturated rings. The molecule has 2 N–H and O–H groups in total. The highest BCUT2D eigenvalue weighted by molar-refractivity contribution is 5.85. The number of hydrogen-bond acceptors (Lipinski definition) is 2. The van der Waals surface area contributed by atoms with E-state index in [0.717, 1.165) is 0 Å². The third kappa shape index (κ3) is 8.32. The number of halogens is 1. The van der Waals surface area contributed by atoms with Gasteiger partial charge in [-0.2, -0.15) is 0 Å². The molecular weight excluding hydrogens is 202 g/mol. The van der Waals surface area contributed by atoms with Crippen LogP contribution in [0.15, 0.2) is 0 Å². The van der Waals surface area contributed by atoms with Gasteiger partial charge in [0.2, 0.25) is 0 Å². The molecule has 0 aliphatic rings. The number of hydrogen-bond donors (Lipinski definition) is 2. The van der Waals surface area contributed by atoms with Gasteiger partial charge in [0.25, 0.3) is 0 Å². The lowest BCUT2D eigenvalue weighted by Gasteiger charge is -2.26. The van der Waals surface area contributed by atoms with Crippen LogP contribution in [-0.4, -0.2) is 22.7 Å². The lowest BCUT2D eigenvalue weighted by Crippen LogP contribution is -2.48. The Morgan fingerprint density at radius 3 is 2.00 bits per heavy atom. The highest BCUT2D eigenvalue weighted by Gasteiger charge is 2.23. The molecule has 0 unspecified atom stereocenters. The van der Waals surface area contributed by atoms with Gasteiger partial charge in [-0.05, 0) is 33.1 Å². The Morgan fingerprint density at radius 2 is 1.79 bits per heavy atom. The molecule has 0 amide bonds. The molecule has 0 aromatic carbocycles. The minimum Gasteiger partial charge on any atom is -0.480 e. The largest absolute Gasteiger partial charge is 0.480 e. The summed E-state index contributed by atoms with van der Waals surface area (Å²) in [4.78, 5) is 10.9. The Balaban J connectivity index is 0. The maximum Gasteiger partial charge on any atom is 0.320 e. The third-order valence-electron chi connectivity index (χ3n) is 1.61. The zero-order valence-corrected chi connectivity index (χ0v) is 10.4. The maximum absolute atomic E-state index is 10.9. The molecule has 0 aliphatic heterocycles. The number of carboxylic acid groups (broad SMARTS) is 1. The van der Waals surface area contributed by atoms with Crippen molar-refractivity contribution in [1.29, 1.82) is 0 Å². The van der Waals surface area contributed by atoms with E-state index in [1.165, 1.54) is 0 Å². The van der Waals surface area contributed by atoms with Crippen LogP contribution in [0.25, 0.3) is 0 Å². The first-order valence-electron chi connectivity index (χ1n) is 4.73. The van der Waals surface area contributed by atoms with Crippen molar-refractivity contribution in [2.24, 2.45) is 5.92 Å². The molecule has 0 aromatic rings. The summed E-state index contributed by atoms with van der Waals surface area (Å²) in [5, 5.41) is 12.0. The fourth-order valence-corrected chi connectivity index (χ4v) is 1.22. The fourth-order valence-electron chi connectivity index (χ4n) is 1.22. The van der Waals surface area contributed by atoms with Gasteiger partial charge in [-0.15, -0.1) is 12.4 Å².